The normalized spacial score (nSPS) is 39.4. The van der Waals surface area contributed by atoms with E-state index >= 15 is 0 Å². The van der Waals surface area contributed by atoms with Crippen LogP contribution in [0.25, 0.3) is 0 Å². The first-order chi connectivity index (χ1) is 17.4. The number of piperidine rings is 1. The SMILES string of the molecule is COc1ccc2c(c1)NC[C@@]21C[C@H]2[C@H]3CO[C@@H]1C[C@H]3[C@@]1(CN2C(=O)OCC(Cl)(Cl)Cl)OC(C)(C)O[C@@H]1C. The van der Waals surface area contributed by atoms with Crippen LogP contribution < -0.4 is 10.1 Å². The minimum absolute atomic E-state index is 0.0468. The average Bonchev–Trinajstić information content (AvgIpc) is 3.21. The largest absolute Gasteiger partial charge is 0.497 e. The first-order valence-corrected chi connectivity index (χ1v) is 13.9. The lowest BCUT2D eigenvalue weighted by Gasteiger charge is -2.55. The molecule has 5 heterocycles. The summed E-state index contributed by atoms with van der Waals surface area (Å²) in [5, 5.41) is 3.59. The molecular formula is C26H33Cl3N2O6. The number of carbonyl (C=O) groups is 1. The number of anilines is 1. The fraction of sp³-hybridized carbons (Fsp3) is 0.731. The van der Waals surface area contributed by atoms with Gasteiger partial charge in [-0.15, -0.1) is 0 Å². The quantitative estimate of drug-likeness (QED) is 0.504. The molecule has 2 spiro atoms. The second-order valence-corrected chi connectivity index (χ2v) is 14.1. The fourth-order valence-electron chi connectivity index (χ4n) is 7.74. The van der Waals surface area contributed by atoms with Crippen LogP contribution in [0, 0.1) is 11.8 Å². The Morgan fingerprint density at radius 2 is 2.08 bits per heavy atom. The topological polar surface area (TPSA) is 78.5 Å². The first-order valence-electron chi connectivity index (χ1n) is 12.8. The second kappa shape index (κ2) is 8.67. The second-order valence-electron chi connectivity index (χ2n) is 11.5. The van der Waals surface area contributed by atoms with Crippen molar-refractivity contribution >= 4 is 46.6 Å². The summed E-state index contributed by atoms with van der Waals surface area (Å²) in [6.45, 7) is 7.12. The van der Waals surface area contributed by atoms with E-state index in [-0.39, 0.29) is 42.1 Å². The molecule has 1 aromatic carbocycles. The maximum absolute atomic E-state index is 13.6. The maximum Gasteiger partial charge on any atom is 0.410 e. The number of ether oxygens (including phenoxy) is 5. The number of nitrogens with zero attached hydrogens (tertiary/aromatic N) is 1. The first kappa shape index (κ1) is 26.1. The van der Waals surface area contributed by atoms with Crippen LogP contribution in [0.1, 0.15) is 39.2 Å². The molecule has 1 aliphatic carbocycles. The molecule has 5 aliphatic heterocycles. The summed E-state index contributed by atoms with van der Waals surface area (Å²) in [4.78, 5) is 15.4. The fourth-order valence-corrected chi connectivity index (χ4v) is 7.91. The third kappa shape index (κ3) is 4.09. The summed E-state index contributed by atoms with van der Waals surface area (Å²) < 4.78 is 28.9. The standard InChI is InChI=1S/C26H33Cl3N2O6/c1-14-25(37-23(2,3)36-14)12-31(22(32)35-13-26(27,28)29)20-9-24(21-8-18(25)16(20)10-34-21)11-30-19-7-15(33-4)5-6-17(19)24/h5-7,14,16,18,20-21,30H,8-13H2,1-4H3/t14-,16+,18-,20+,21-,24+,25+/m1/s1. The number of methoxy groups -OCH3 is 1. The molecule has 8 nitrogen and oxygen atoms in total. The van der Waals surface area contributed by atoms with Gasteiger partial charge in [-0.3, -0.25) is 0 Å². The molecule has 0 radical (unpaired) electrons. The highest BCUT2D eigenvalue weighted by Crippen LogP contribution is 2.60. The Morgan fingerprint density at radius 3 is 2.76 bits per heavy atom. The van der Waals surface area contributed by atoms with Crippen LogP contribution in [-0.2, 0) is 24.4 Å². The zero-order valence-corrected chi connectivity index (χ0v) is 23.7. The number of amides is 1. The lowest BCUT2D eigenvalue weighted by atomic mass is 9.67. The smallest absolute Gasteiger partial charge is 0.410 e. The van der Waals surface area contributed by atoms with Crippen molar-refractivity contribution in [2.45, 2.75) is 72.5 Å². The number of fused-ring (bicyclic) bond motifs is 2. The van der Waals surface area contributed by atoms with Crippen molar-refractivity contribution in [2.75, 3.05) is 38.7 Å². The van der Waals surface area contributed by atoms with Gasteiger partial charge in [0.2, 0.25) is 3.79 Å². The van der Waals surface area contributed by atoms with Crippen LogP contribution in [0.15, 0.2) is 18.2 Å². The van der Waals surface area contributed by atoms with Gasteiger partial charge in [-0.2, -0.15) is 0 Å². The summed E-state index contributed by atoms with van der Waals surface area (Å²) >= 11 is 17.8. The van der Waals surface area contributed by atoms with Crippen molar-refractivity contribution in [3.63, 3.8) is 0 Å². The van der Waals surface area contributed by atoms with Gasteiger partial charge < -0.3 is 33.9 Å². The van der Waals surface area contributed by atoms with Crippen molar-refractivity contribution in [3.8, 4) is 5.75 Å². The highest BCUT2D eigenvalue weighted by molar-refractivity contribution is 6.67. The number of halogens is 3. The van der Waals surface area contributed by atoms with E-state index in [1.807, 2.05) is 32.9 Å². The number of rotatable bonds is 2. The van der Waals surface area contributed by atoms with E-state index in [9.17, 15) is 4.79 Å². The van der Waals surface area contributed by atoms with Gasteiger partial charge in [0.15, 0.2) is 5.79 Å². The Kier molecular flexibility index (Phi) is 6.11. The molecule has 4 saturated heterocycles. The molecule has 4 bridgehead atoms. The molecule has 1 saturated carbocycles. The van der Waals surface area contributed by atoms with Crippen molar-refractivity contribution in [3.05, 3.63) is 23.8 Å². The maximum atomic E-state index is 13.6. The predicted molar refractivity (Wildman–Crippen MR) is 140 cm³/mol. The van der Waals surface area contributed by atoms with Crippen molar-refractivity contribution in [1.29, 1.82) is 0 Å². The molecule has 1 N–H and O–H groups in total. The van der Waals surface area contributed by atoms with E-state index in [0.717, 1.165) is 24.3 Å². The Morgan fingerprint density at radius 1 is 1.30 bits per heavy atom. The predicted octanol–water partition coefficient (Wildman–Crippen LogP) is 4.88. The highest BCUT2D eigenvalue weighted by Gasteiger charge is 2.68. The zero-order valence-electron chi connectivity index (χ0n) is 21.4. The summed E-state index contributed by atoms with van der Waals surface area (Å²) in [7, 11) is 1.67. The van der Waals surface area contributed by atoms with E-state index in [2.05, 4.69) is 11.4 Å². The van der Waals surface area contributed by atoms with Crippen molar-refractivity contribution in [2.24, 2.45) is 11.8 Å². The Bertz CT molecular complexity index is 1100. The molecular weight excluding hydrogens is 543 g/mol. The van der Waals surface area contributed by atoms with Gasteiger partial charge >= 0.3 is 6.09 Å². The number of nitrogens with one attached hydrogen (secondary N) is 1. The van der Waals surface area contributed by atoms with Crippen LogP contribution in [0.2, 0.25) is 0 Å². The van der Waals surface area contributed by atoms with Gasteiger partial charge in [0, 0.05) is 41.6 Å². The monoisotopic (exact) mass is 574 g/mol. The Labute approximate surface area is 232 Å². The van der Waals surface area contributed by atoms with Gasteiger partial charge in [0.1, 0.15) is 18.0 Å². The molecule has 11 heteroatoms. The van der Waals surface area contributed by atoms with E-state index < -0.39 is 21.3 Å². The van der Waals surface area contributed by atoms with Gasteiger partial charge in [-0.1, -0.05) is 40.9 Å². The molecule has 7 atom stereocenters. The number of hydrogen-bond acceptors (Lipinski definition) is 7. The lowest BCUT2D eigenvalue weighted by molar-refractivity contribution is -0.216. The van der Waals surface area contributed by atoms with Crippen LogP contribution in [0.4, 0.5) is 10.5 Å². The Balaban J connectivity index is 1.43. The van der Waals surface area contributed by atoms with E-state index in [4.69, 9.17) is 58.5 Å². The molecule has 5 fully saturated rings. The van der Waals surface area contributed by atoms with Gasteiger partial charge in [-0.05, 0) is 45.2 Å². The molecule has 37 heavy (non-hydrogen) atoms. The minimum atomic E-state index is -1.70. The van der Waals surface area contributed by atoms with Crippen molar-refractivity contribution < 1.29 is 28.5 Å². The molecule has 7 rings (SSSR count). The number of benzene rings is 1. The van der Waals surface area contributed by atoms with Crippen LogP contribution in [-0.4, -0.2) is 77.8 Å². The Hall–Kier alpha value is -1.16. The third-order valence-electron chi connectivity index (χ3n) is 9.14. The number of hydrogen-bond donors (Lipinski definition) is 1. The van der Waals surface area contributed by atoms with Crippen LogP contribution in [0.5, 0.6) is 5.75 Å². The summed E-state index contributed by atoms with van der Waals surface area (Å²) in [5.41, 5.74) is 1.20. The molecule has 0 unspecified atom stereocenters. The summed E-state index contributed by atoms with van der Waals surface area (Å²) in [6, 6.07) is 6.01. The summed E-state index contributed by atoms with van der Waals surface area (Å²) in [5.74, 6) is 0.213. The minimum Gasteiger partial charge on any atom is -0.497 e. The highest BCUT2D eigenvalue weighted by atomic mass is 35.6. The average molecular weight is 576 g/mol. The van der Waals surface area contributed by atoms with Crippen molar-refractivity contribution in [1.82, 2.24) is 4.90 Å². The molecule has 1 amide bonds. The molecule has 1 aromatic rings. The summed E-state index contributed by atoms with van der Waals surface area (Å²) in [6.07, 6.45) is 0.744. The van der Waals surface area contributed by atoms with Crippen LogP contribution in [0.3, 0.4) is 0 Å². The molecule has 6 aliphatic rings. The third-order valence-corrected chi connectivity index (χ3v) is 9.47. The molecule has 0 aromatic heterocycles. The van der Waals surface area contributed by atoms with Gasteiger partial charge in [0.05, 0.1) is 32.5 Å². The van der Waals surface area contributed by atoms with Gasteiger partial charge in [0.25, 0.3) is 0 Å². The van der Waals surface area contributed by atoms with Crippen LogP contribution >= 0.6 is 34.8 Å². The van der Waals surface area contributed by atoms with Gasteiger partial charge in [-0.25, -0.2) is 4.79 Å². The lowest BCUT2D eigenvalue weighted by Crippen LogP contribution is -2.68. The van der Waals surface area contributed by atoms with E-state index in [1.165, 1.54) is 5.56 Å². The van der Waals surface area contributed by atoms with E-state index in [0.29, 0.717) is 19.7 Å². The zero-order chi connectivity index (χ0) is 26.4. The number of likely N-dealkylation sites (tertiary alicyclic amines) is 1. The molecule has 204 valence electrons. The van der Waals surface area contributed by atoms with E-state index in [1.54, 1.807) is 12.0 Å². The number of carbonyl (C=O) groups excluding carboxylic acids is 1. The number of alkyl halides is 3.